The predicted molar refractivity (Wildman–Crippen MR) is 84.2 cm³/mol. The molecule has 2 heterocycles. The van der Waals surface area contributed by atoms with Gasteiger partial charge in [-0.1, -0.05) is 28.1 Å². The minimum atomic E-state index is -0.0616. The van der Waals surface area contributed by atoms with Crippen molar-refractivity contribution >= 4 is 33.2 Å². The number of hydrogen-bond donors (Lipinski definition) is 1. The highest BCUT2D eigenvalue weighted by Crippen LogP contribution is 2.13. The van der Waals surface area contributed by atoms with E-state index in [9.17, 15) is 4.79 Å². The van der Waals surface area contributed by atoms with E-state index in [-0.39, 0.29) is 5.91 Å². The van der Waals surface area contributed by atoms with Crippen LogP contribution in [-0.4, -0.2) is 20.5 Å². The Kier molecular flexibility index (Phi) is 3.70. The maximum atomic E-state index is 12.0. The third-order valence-electron chi connectivity index (χ3n) is 3.00. The minimum absolute atomic E-state index is 0.0616. The fraction of sp³-hybridized carbons (Fsp3) is 0.133. The lowest BCUT2D eigenvalue weighted by Crippen LogP contribution is -2.14. The van der Waals surface area contributed by atoms with E-state index in [1.165, 1.54) is 0 Å². The van der Waals surface area contributed by atoms with Crippen LogP contribution in [0.1, 0.15) is 11.4 Å². The van der Waals surface area contributed by atoms with Crippen molar-refractivity contribution in [1.82, 2.24) is 14.6 Å². The zero-order valence-electron chi connectivity index (χ0n) is 11.4. The van der Waals surface area contributed by atoms with E-state index in [0.717, 1.165) is 15.7 Å². The lowest BCUT2D eigenvalue weighted by molar-refractivity contribution is -0.115. The first-order chi connectivity index (χ1) is 10.1. The molecule has 0 aliphatic heterocycles. The normalized spacial score (nSPS) is 10.8. The Bertz CT molecular complexity index is 795. The zero-order chi connectivity index (χ0) is 14.8. The molecule has 21 heavy (non-hydrogen) atoms. The number of hydrogen-bond acceptors (Lipinski definition) is 3. The van der Waals surface area contributed by atoms with Gasteiger partial charge in [-0.2, -0.15) is 5.10 Å². The summed E-state index contributed by atoms with van der Waals surface area (Å²) in [6, 6.07) is 11.3. The Morgan fingerprint density at radius 2 is 2.00 bits per heavy atom. The number of anilines is 1. The fourth-order valence-electron chi connectivity index (χ4n) is 2.06. The topological polar surface area (TPSA) is 59.3 Å². The van der Waals surface area contributed by atoms with Gasteiger partial charge in [-0.05, 0) is 36.8 Å². The molecule has 0 aliphatic rings. The Labute approximate surface area is 130 Å². The molecule has 1 aromatic carbocycles. The Morgan fingerprint density at radius 1 is 1.24 bits per heavy atom. The maximum Gasteiger partial charge on any atom is 0.228 e. The van der Waals surface area contributed by atoms with Gasteiger partial charge >= 0.3 is 0 Å². The van der Waals surface area contributed by atoms with E-state index in [4.69, 9.17) is 0 Å². The molecule has 0 saturated carbocycles. The average molecular weight is 345 g/mol. The number of carbonyl (C=O) groups excluding carboxylic acids is 1. The van der Waals surface area contributed by atoms with E-state index in [1.807, 2.05) is 43.3 Å². The number of nitrogens with zero attached hydrogens (tertiary/aromatic N) is 3. The number of halogens is 1. The number of amides is 1. The van der Waals surface area contributed by atoms with Gasteiger partial charge in [0.25, 0.3) is 0 Å². The molecule has 0 saturated heterocycles. The lowest BCUT2D eigenvalue weighted by Gasteiger charge is -2.05. The molecule has 0 radical (unpaired) electrons. The van der Waals surface area contributed by atoms with Crippen LogP contribution in [0.4, 0.5) is 5.69 Å². The van der Waals surface area contributed by atoms with Crippen LogP contribution in [0.3, 0.4) is 0 Å². The monoisotopic (exact) mass is 344 g/mol. The molecule has 0 atom stereocenters. The van der Waals surface area contributed by atoms with E-state index in [0.29, 0.717) is 17.9 Å². The zero-order valence-corrected chi connectivity index (χ0v) is 13.0. The molecular formula is C15H13BrN4O. The van der Waals surface area contributed by atoms with Gasteiger partial charge in [-0.25, -0.2) is 9.50 Å². The second-order valence-electron chi connectivity index (χ2n) is 4.73. The number of carbonyl (C=O) groups is 1. The summed E-state index contributed by atoms with van der Waals surface area (Å²) >= 11 is 3.37. The molecule has 5 nitrogen and oxygen atoms in total. The molecular weight excluding hydrogens is 332 g/mol. The van der Waals surface area contributed by atoms with Gasteiger partial charge in [0.05, 0.1) is 18.3 Å². The van der Waals surface area contributed by atoms with Crippen LogP contribution in [0.25, 0.3) is 5.65 Å². The van der Waals surface area contributed by atoms with Crippen molar-refractivity contribution in [3.05, 3.63) is 58.5 Å². The molecule has 6 heteroatoms. The number of nitrogens with one attached hydrogen (secondary N) is 1. The number of rotatable bonds is 3. The summed E-state index contributed by atoms with van der Waals surface area (Å²) in [5, 5.41) is 7.09. The van der Waals surface area contributed by atoms with Gasteiger partial charge in [0.1, 0.15) is 5.82 Å². The SMILES string of the molecule is Cc1nc2ccc(NC(=O)Cc3ccc(Br)cc3)cn2n1. The van der Waals surface area contributed by atoms with Gasteiger partial charge in [0, 0.05) is 4.47 Å². The first kappa shape index (κ1) is 13.8. The molecule has 0 unspecified atom stereocenters. The van der Waals surface area contributed by atoms with Crippen LogP contribution in [-0.2, 0) is 11.2 Å². The minimum Gasteiger partial charge on any atom is -0.324 e. The molecule has 0 bridgehead atoms. The first-order valence-corrected chi connectivity index (χ1v) is 7.27. The van der Waals surface area contributed by atoms with Crippen molar-refractivity contribution < 1.29 is 4.79 Å². The highest BCUT2D eigenvalue weighted by molar-refractivity contribution is 9.10. The van der Waals surface area contributed by atoms with Crippen LogP contribution < -0.4 is 5.32 Å². The number of fused-ring (bicyclic) bond motifs is 1. The molecule has 0 aliphatic carbocycles. The van der Waals surface area contributed by atoms with Gasteiger partial charge < -0.3 is 5.32 Å². The van der Waals surface area contributed by atoms with Crippen LogP contribution in [0, 0.1) is 6.92 Å². The van der Waals surface area contributed by atoms with Crippen molar-refractivity contribution in [1.29, 1.82) is 0 Å². The van der Waals surface area contributed by atoms with Crippen LogP contribution in [0.2, 0.25) is 0 Å². The quantitative estimate of drug-likeness (QED) is 0.794. The van der Waals surface area contributed by atoms with Crippen molar-refractivity contribution in [3.63, 3.8) is 0 Å². The predicted octanol–water partition coefficient (Wildman–Crippen LogP) is 2.98. The van der Waals surface area contributed by atoms with E-state index in [1.54, 1.807) is 10.7 Å². The highest BCUT2D eigenvalue weighted by atomic mass is 79.9. The smallest absolute Gasteiger partial charge is 0.228 e. The van der Waals surface area contributed by atoms with Gasteiger partial charge in [-0.15, -0.1) is 0 Å². The number of aryl methyl sites for hydroxylation is 1. The standard InChI is InChI=1S/C15H13BrN4O/c1-10-17-14-7-6-13(9-20(14)19-10)18-15(21)8-11-2-4-12(16)5-3-11/h2-7,9H,8H2,1H3,(H,18,21). The Hall–Kier alpha value is -2.21. The summed E-state index contributed by atoms with van der Waals surface area (Å²) in [5.41, 5.74) is 2.43. The number of aromatic nitrogens is 3. The van der Waals surface area contributed by atoms with Crippen molar-refractivity contribution in [2.24, 2.45) is 0 Å². The van der Waals surface area contributed by atoms with Crippen molar-refractivity contribution in [3.8, 4) is 0 Å². The molecule has 3 aromatic rings. The van der Waals surface area contributed by atoms with Crippen molar-refractivity contribution in [2.45, 2.75) is 13.3 Å². The second kappa shape index (κ2) is 5.65. The summed E-state index contributed by atoms with van der Waals surface area (Å²) in [4.78, 5) is 16.3. The van der Waals surface area contributed by atoms with Crippen molar-refractivity contribution in [2.75, 3.05) is 5.32 Å². The fourth-order valence-corrected chi connectivity index (χ4v) is 2.33. The third-order valence-corrected chi connectivity index (χ3v) is 3.53. The molecule has 2 aromatic heterocycles. The Balaban J connectivity index is 1.71. The van der Waals surface area contributed by atoms with Gasteiger partial charge in [0.2, 0.25) is 5.91 Å². The van der Waals surface area contributed by atoms with Crippen LogP contribution in [0.15, 0.2) is 47.1 Å². The average Bonchev–Trinajstić information content (AvgIpc) is 2.80. The van der Waals surface area contributed by atoms with Crippen LogP contribution >= 0.6 is 15.9 Å². The van der Waals surface area contributed by atoms with E-state index in [2.05, 4.69) is 31.3 Å². The Morgan fingerprint density at radius 3 is 2.76 bits per heavy atom. The molecule has 106 valence electrons. The molecule has 1 N–H and O–H groups in total. The largest absolute Gasteiger partial charge is 0.324 e. The van der Waals surface area contributed by atoms with E-state index < -0.39 is 0 Å². The lowest BCUT2D eigenvalue weighted by atomic mass is 10.1. The molecule has 0 spiro atoms. The number of benzene rings is 1. The summed E-state index contributed by atoms with van der Waals surface area (Å²) in [6.45, 7) is 1.83. The summed E-state index contributed by atoms with van der Waals surface area (Å²) in [5.74, 6) is 0.641. The molecule has 3 rings (SSSR count). The number of pyridine rings is 1. The van der Waals surface area contributed by atoms with Gasteiger partial charge in [0.15, 0.2) is 5.65 Å². The third kappa shape index (κ3) is 3.28. The first-order valence-electron chi connectivity index (χ1n) is 6.47. The molecule has 0 fully saturated rings. The highest BCUT2D eigenvalue weighted by Gasteiger charge is 2.06. The summed E-state index contributed by atoms with van der Waals surface area (Å²) < 4.78 is 2.66. The van der Waals surface area contributed by atoms with E-state index >= 15 is 0 Å². The second-order valence-corrected chi connectivity index (χ2v) is 5.65. The summed E-state index contributed by atoms with van der Waals surface area (Å²) in [6.07, 6.45) is 2.09. The molecule has 1 amide bonds. The maximum absolute atomic E-state index is 12.0. The van der Waals surface area contributed by atoms with Gasteiger partial charge in [-0.3, -0.25) is 4.79 Å². The summed E-state index contributed by atoms with van der Waals surface area (Å²) in [7, 11) is 0. The van der Waals surface area contributed by atoms with Crippen LogP contribution in [0.5, 0.6) is 0 Å².